The van der Waals surface area contributed by atoms with Crippen LogP contribution in [-0.2, 0) is 4.74 Å². The van der Waals surface area contributed by atoms with Gasteiger partial charge in [0.25, 0.3) is 0 Å². The summed E-state index contributed by atoms with van der Waals surface area (Å²) >= 11 is 0. The molecule has 3 nitrogen and oxygen atoms in total. The zero-order valence-electron chi connectivity index (χ0n) is 9.54. The summed E-state index contributed by atoms with van der Waals surface area (Å²) in [5, 5.41) is 4.60. The maximum Gasteiger partial charge on any atom is 0.0998 e. The number of unbranched alkanes of at least 4 members (excludes halogenated alkanes) is 1. The van der Waals surface area contributed by atoms with E-state index in [9.17, 15) is 0 Å². The molecule has 14 heavy (non-hydrogen) atoms. The topological polar surface area (TPSA) is 26.6 Å². The minimum Gasteiger partial charge on any atom is -0.377 e. The van der Waals surface area contributed by atoms with Crippen LogP contribution < -0.4 is 5.32 Å². The Hall–Kier alpha value is -0.120. The summed E-state index contributed by atoms with van der Waals surface area (Å²) in [6.07, 6.45) is 4.06. The maximum atomic E-state index is 5.45. The first-order chi connectivity index (χ1) is 6.88. The van der Waals surface area contributed by atoms with Crippen molar-refractivity contribution >= 4 is 0 Å². The molecular weight excluding hydrogens is 176 g/mol. The average Bonchev–Trinajstić information content (AvgIpc) is 2.25. The number of hydrogen-bond donors (Lipinski definition) is 0. The van der Waals surface area contributed by atoms with Gasteiger partial charge in [0.15, 0.2) is 0 Å². The van der Waals surface area contributed by atoms with Crippen molar-refractivity contribution in [3.63, 3.8) is 0 Å². The van der Waals surface area contributed by atoms with Gasteiger partial charge in [-0.3, -0.25) is 4.90 Å². The molecule has 1 radical (unpaired) electrons. The van der Waals surface area contributed by atoms with E-state index < -0.39 is 0 Å². The van der Waals surface area contributed by atoms with E-state index in [1.165, 1.54) is 25.8 Å². The van der Waals surface area contributed by atoms with E-state index in [2.05, 4.69) is 24.1 Å². The molecule has 1 rings (SSSR count). The lowest BCUT2D eigenvalue weighted by Gasteiger charge is -2.33. The first kappa shape index (κ1) is 12.0. The van der Waals surface area contributed by atoms with E-state index in [1.807, 2.05) is 0 Å². The third kappa shape index (κ3) is 3.95. The second-order valence-corrected chi connectivity index (χ2v) is 3.85. The molecular formula is C11H23N2O. The summed E-state index contributed by atoms with van der Waals surface area (Å²) in [7, 11) is 0. The Bertz CT molecular complexity index is 135. The van der Waals surface area contributed by atoms with Gasteiger partial charge in [-0.15, -0.1) is 0 Å². The number of ether oxygens (including phenoxy) is 1. The molecule has 1 aliphatic heterocycles. The second-order valence-electron chi connectivity index (χ2n) is 3.85. The van der Waals surface area contributed by atoms with Crippen molar-refractivity contribution in [2.75, 3.05) is 32.8 Å². The molecule has 1 fully saturated rings. The van der Waals surface area contributed by atoms with Crippen LogP contribution in [0.15, 0.2) is 0 Å². The predicted molar refractivity (Wildman–Crippen MR) is 58.4 cm³/mol. The standard InChI is InChI=1S/C11H23N2O/c1-3-5-8-13(7-4-2)11-10-14-9-6-12-11/h11H,3-10H2,1-2H3. The minimum atomic E-state index is 0.329. The molecule has 1 aliphatic rings. The van der Waals surface area contributed by atoms with Gasteiger partial charge >= 0.3 is 0 Å². The Balaban J connectivity index is 2.30. The molecule has 1 heterocycles. The van der Waals surface area contributed by atoms with Crippen LogP contribution in [0, 0.1) is 0 Å². The quantitative estimate of drug-likeness (QED) is 0.647. The van der Waals surface area contributed by atoms with Gasteiger partial charge in [0.2, 0.25) is 0 Å². The van der Waals surface area contributed by atoms with Crippen molar-refractivity contribution in [3.05, 3.63) is 0 Å². The van der Waals surface area contributed by atoms with Crippen LogP contribution in [0.5, 0.6) is 0 Å². The minimum absolute atomic E-state index is 0.329. The van der Waals surface area contributed by atoms with Crippen molar-refractivity contribution < 1.29 is 4.74 Å². The van der Waals surface area contributed by atoms with E-state index >= 15 is 0 Å². The average molecular weight is 199 g/mol. The van der Waals surface area contributed by atoms with Gasteiger partial charge in [-0.05, 0) is 25.9 Å². The summed E-state index contributed by atoms with van der Waals surface area (Å²) in [6, 6.07) is 0. The van der Waals surface area contributed by atoms with E-state index in [0.29, 0.717) is 6.17 Å². The van der Waals surface area contributed by atoms with Crippen LogP contribution in [0.25, 0.3) is 0 Å². The van der Waals surface area contributed by atoms with E-state index in [0.717, 1.165) is 26.3 Å². The molecule has 0 aliphatic carbocycles. The van der Waals surface area contributed by atoms with Crippen LogP contribution in [0.1, 0.15) is 33.1 Å². The first-order valence-electron chi connectivity index (χ1n) is 5.86. The molecule has 1 atom stereocenters. The third-order valence-corrected chi connectivity index (χ3v) is 2.57. The highest BCUT2D eigenvalue weighted by molar-refractivity contribution is 4.71. The molecule has 0 aromatic carbocycles. The van der Waals surface area contributed by atoms with Crippen molar-refractivity contribution in [1.29, 1.82) is 0 Å². The Morgan fingerprint density at radius 2 is 2.14 bits per heavy atom. The molecule has 0 saturated carbocycles. The van der Waals surface area contributed by atoms with Crippen molar-refractivity contribution in [2.24, 2.45) is 0 Å². The van der Waals surface area contributed by atoms with Gasteiger partial charge in [0.05, 0.1) is 19.4 Å². The molecule has 1 saturated heterocycles. The highest BCUT2D eigenvalue weighted by Gasteiger charge is 2.20. The highest BCUT2D eigenvalue weighted by Crippen LogP contribution is 2.06. The lowest BCUT2D eigenvalue weighted by atomic mass is 10.2. The van der Waals surface area contributed by atoms with Gasteiger partial charge < -0.3 is 4.74 Å². The van der Waals surface area contributed by atoms with Crippen molar-refractivity contribution in [1.82, 2.24) is 10.2 Å². The third-order valence-electron chi connectivity index (χ3n) is 2.57. The molecule has 0 N–H and O–H groups in total. The van der Waals surface area contributed by atoms with E-state index in [-0.39, 0.29) is 0 Å². The lowest BCUT2D eigenvalue weighted by Crippen LogP contribution is -2.49. The van der Waals surface area contributed by atoms with Gasteiger partial charge in [-0.2, -0.15) is 0 Å². The Labute approximate surface area is 87.8 Å². The summed E-state index contributed by atoms with van der Waals surface area (Å²) in [6.45, 7) is 9.26. The van der Waals surface area contributed by atoms with Gasteiger partial charge in [0, 0.05) is 6.54 Å². The Kier molecular flexibility index (Phi) is 6.15. The SMILES string of the molecule is CCCCN(CCC)C1COCC[N]1. The highest BCUT2D eigenvalue weighted by atomic mass is 16.5. The Morgan fingerprint density at radius 1 is 1.29 bits per heavy atom. The molecule has 0 aromatic rings. The molecule has 0 spiro atoms. The van der Waals surface area contributed by atoms with Crippen molar-refractivity contribution in [2.45, 2.75) is 39.3 Å². The van der Waals surface area contributed by atoms with Crippen LogP contribution in [-0.4, -0.2) is 43.9 Å². The number of hydrogen-bond acceptors (Lipinski definition) is 2. The summed E-state index contributed by atoms with van der Waals surface area (Å²) < 4.78 is 5.45. The van der Waals surface area contributed by atoms with E-state index in [4.69, 9.17) is 4.74 Å². The Morgan fingerprint density at radius 3 is 2.71 bits per heavy atom. The molecule has 0 bridgehead atoms. The van der Waals surface area contributed by atoms with Crippen LogP contribution in [0.2, 0.25) is 0 Å². The number of rotatable bonds is 6. The lowest BCUT2D eigenvalue weighted by molar-refractivity contribution is 0.00585. The molecule has 3 heteroatoms. The molecule has 83 valence electrons. The normalized spacial score (nSPS) is 22.9. The summed E-state index contributed by atoms with van der Waals surface area (Å²) in [4.78, 5) is 2.46. The van der Waals surface area contributed by atoms with Gasteiger partial charge in [-0.1, -0.05) is 20.3 Å². The zero-order chi connectivity index (χ0) is 10.2. The molecule has 1 unspecified atom stereocenters. The van der Waals surface area contributed by atoms with E-state index in [1.54, 1.807) is 0 Å². The fourth-order valence-electron chi connectivity index (χ4n) is 1.79. The summed E-state index contributed by atoms with van der Waals surface area (Å²) in [5.74, 6) is 0. The van der Waals surface area contributed by atoms with Crippen LogP contribution in [0.4, 0.5) is 0 Å². The monoisotopic (exact) mass is 199 g/mol. The smallest absolute Gasteiger partial charge is 0.0998 e. The van der Waals surface area contributed by atoms with Crippen molar-refractivity contribution in [3.8, 4) is 0 Å². The predicted octanol–water partition coefficient (Wildman–Crippen LogP) is 1.46. The van der Waals surface area contributed by atoms with Gasteiger partial charge in [-0.25, -0.2) is 5.32 Å². The number of nitrogens with zero attached hydrogens (tertiary/aromatic N) is 2. The van der Waals surface area contributed by atoms with Gasteiger partial charge in [0.1, 0.15) is 0 Å². The first-order valence-corrected chi connectivity index (χ1v) is 5.86. The largest absolute Gasteiger partial charge is 0.377 e. The maximum absolute atomic E-state index is 5.45. The summed E-state index contributed by atoms with van der Waals surface area (Å²) in [5.41, 5.74) is 0. The van der Waals surface area contributed by atoms with Crippen LogP contribution >= 0.6 is 0 Å². The second kappa shape index (κ2) is 7.21. The fraction of sp³-hybridized carbons (Fsp3) is 1.00. The molecule has 0 aromatic heterocycles. The van der Waals surface area contributed by atoms with Crippen LogP contribution in [0.3, 0.4) is 0 Å². The molecule has 0 amide bonds. The number of morpholine rings is 1. The zero-order valence-corrected chi connectivity index (χ0v) is 9.54. The fourth-order valence-corrected chi connectivity index (χ4v) is 1.79.